The average Bonchev–Trinajstić information content (AvgIpc) is 2.41. The Kier molecular flexibility index (Phi) is 13.9. The van der Waals surface area contributed by atoms with E-state index in [1.165, 1.54) is 0 Å². The van der Waals surface area contributed by atoms with Crippen LogP contribution in [0.25, 0.3) is 0 Å². The van der Waals surface area contributed by atoms with E-state index in [4.69, 9.17) is 11.6 Å². The Balaban J connectivity index is 0. The van der Waals surface area contributed by atoms with Gasteiger partial charge in [0, 0.05) is 11.6 Å². The fourth-order valence-electron chi connectivity index (χ4n) is 1.84. The number of rotatable bonds is 5. The van der Waals surface area contributed by atoms with Crippen LogP contribution in [0.4, 0.5) is 5.69 Å². The number of benzene rings is 1. The van der Waals surface area contributed by atoms with Crippen molar-refractivity contribution in [3.63, 3.8) is 0 Å². The molecule has 1 N–H and O–H groups in total. The third-order valence-corrected chi connectivity index (χ3v) is 3.01. The molecule has 1 amide bonds. The Morgan fingerprint density at radius 1 is 1.14 bits per heavy atom. The molecule has 5 heteroatoms. The molecule has 1 rings (SSSR count). The summed E-state index contributed by atoms with van der Waals surface area (Å²) in [5.41, 5.74) is 3.17. The summed E-state index contributed by atoms with van der Waals surface area (Å²) < 4.78 is 0. The number of carbonyl (C=O) groups is 1. The molecule has 0 bridgehead atoms. The van der Waals surface area contributed by atoms with E-state index < -0.39 is 0 Å². The second-order valence-electron chi connectivity index (χ2n) is 4.54. The van der Waals surface area contributed by atoms with Gasteiger partial charge in [0.05, 0.1) is 6.54 Å². The third-order valence-electron chi connectivity index (χ3n) is 3.01. The predicted molar refractivity (Wildman–Crippen MR) is 96.0 cm³/mol. The molecule has 1 aromatic carbocycles. The van der Waals surface area contributed by atoms with Crippen LogP contribution in [-0.2, 0) is 4.79 Å². The number of nitrogens with one attached hydrogen (secondary N) is 1. The van der Waals surface area contributed by atoms with Crippen molar-refractivity contribution in [1.29, 1.82) is 0 Å². The first-order chi connectivity index (χ1) is 9.49. The van der Waals surface area contributed by atoms with Crippen LogP contribution in [0.2, 0.25) is 0 Å². The highest BCUT2D eigenvalue weighted by Gasteiger charge is 2.09. The molecule has 21 heavy (non-hydrogen) atoms. The Hall–Kier alpha value is -0.770. The van der Waals surface area contributed by atoms with Crippen LogP contribution in [0.3, 0.4) is 0 Å². The molecule has 122 valence electrons. The second-order valence-corrected chi connectivity index (χ2v) is 5.08. The van der Waals surface area contributed by atoms with Crippen LogP contribution in [-0.4, -0.2) is 36.3 Å². The van der Waals surface area contributed by atoms with Crippen molar-refractivity contribution < 1.29 is 4.79 Å². The van der Waals surface area contributed by atoms with Gasteiger partial charge in [-0.25, -0.2) is 0 Å². The Bertz CT molecular complexity index is 387. The number of nitrogens with zero attached hydrogens (tertiary/aromatic N) is 1. The Labute approximate surface area is 140 Å². The summed E-state index contributed by atoms with van der Waals surface area (Å²) in [6.07, 6.45) is 0. The van der Waals surface area contributed by atoms with Gasteiger partial charge >= 0.3 is 0 Å². The van der Waals surface area contributed by atoms with Gasteiger partial charge in [-0.1, -0.05) is 39.0 Å². The number of aryl methyl sites for hydroxylation is 2. The van der Waals surface area contributed by atoms with Gasteiger partial charge in [0.25, 0.3) is 0 Å². The number of anilines is 1. The van der Waals surface area contributed by atoms with Crippen molar-refractivity contribution in [1.82, 2.24) is 4.90 Å². The summed E-state index contributed by atoms with van der Waals surface area (Å²) >= 11 is 5.00. The Morgan fingerprint density at radius 2 is 1.57 bits per heavy atom. The van der Waals surface area contributed by atoms with Crippen molar-refractivity contribution in [2.75, 3.05) is 30.8 Å². The minimum Gasteiger partial charge on any atom is -0.324 e. The molecular weight excluding hydrogens is 307 g/mol. The first kappa shape index (κ1) is 22.5. The lowest BCUT2D eigenvalue weighted by Gasteiger charge is -2.18. The van der Waals surface area contributed by atoms with Crippen LogP contribution in [0.15, 0.2) is 18.2 Å². The van der Waals surface area contributed by atoms with Crippen molar-refractivity contribution in [2.24, 2.45) is 0 Å². The van der Waals surface area contributed by atoms with Crippen molar-refractivity contribution >= 4 is 35.6 Å². The van der Waals surface area contributed by atoms with E-state index in [9.17, 15) is 4.79 Å². The van der Waals surface area contributed by atoms with E-state index in [-0.39, 0.29) is 18.3 Å². The number of amides is 1. The average molecular weight is 335 g/mol. The monoisotopic (exact) mass is 334 g/mol. The van der Waals surface area contributed by atoms with Gasteiger partial charge in [-0.3, -0.25) is 9.69 Å². The summed E-state index contributed by atoms with van der Waals surface area (Å²) in [7, 11) is 0. The molecule has 0 heterocycles. The molecule has 1 aromatic rings. The van der Waals surface area contributed by atoms with E-state index in [0.29, 0.717) is 6.54 Å². The number of hydrogen-bond donors (Lipinski definition) is 1. The standard InChI is InChI=1S/C14H22N2O.C2H5Cl.ClH/c1-5-16(6-2)10-13(17)15-14-11(3)8-7-9-12(14)4;1-2-3;/h7-9H,5-6,10H2,1-4H3,(H,15,17);2H2,1H3;1H. The molecule has 3 nitrogen and oxygen atoms in total. The number of halogens is 2. The van der Waals surface area contributed by atoms with Crippen LogP contribution in [0, 0.1) is 13.8 Å². The largest absolute Gasteiger partial charge is 0.324 e. The second kappa shape index (κ2) is 12.9. The lowest BCUT2D eigenvalue weighted by atomic mass is 10.1. The van der Waals surface area contributed by atoms with Crippen molar-refractivity contribution in [3.05, 3.63) is 29.3 Å². The highest BCUT2D eigenvalue weighted by Crippen LogP contribution is 2.19. The van der Waals surface area contributed by atoms with Gasteiger partial charge in [0.1, 0.15) is 0 Å². The van der Waals surface area contributed by atoms with Gasteiger partial charge in [-0.2, -0.15) is 0 Å². The minimum atomic E-state index is 0. The van der Waals surface area contributed by atoms with E-state index in [2.05, 4.69) is 24.1 Å². The normalized spacial score (nSPS) is 9.48. The number of carbonyl (C=O) groups excluding carboxylic acids is 1. The maximum Gasteiger partial charge on any atom is 0.238 e. The van der Waals surface area contributed by atoms with Crippen LogP contribution in [0.1, 0.15) is 31.9 Å². The summed E-state index contributed by atoms with van der Waals surface area (Å²) in [5.74, 6) is 0.783. The number of alkyl halides is 1. The van der Waals surface area contributed by atoms with E-state index in [1.54, 1.807) is 0 Å². The van der Waals surface area contributed by atoms with E-state index in [1.807, 2.05) is 39.0 Å². The van der Waals surface area contributed by atoms with Crippen molar-refractivity contribution in [3.8, 4) is 0 Å². The lowest BCUT2D eigenvalue weighted by Crippen LogP contribution is -2.33. The van der Waals surface area contributed by atoms with E-state index >= 15 is 0 Å². The molecule has 0 fully saturated rings. The molecule has 0 aliphatic carbocycles. The summed E-state index contributed by atoms with van der Waals surface area (Å²) in [6.45, 7) is 12.3. The number of likely N-dealkylation sites (N-methyl/N-ethyl adjacent to an activating group) is 1. The van der Waals surface area contributed by atoms with Crippen LogP contribution in [0.5, 0.6) is 0 Å². The topological polar surface area (TPSA) is 32.3 Å². The highest BCUT2D eigenvalue weighted by molar-refractivity contribution is 6.17. The third kappa shape index (κ3) is 8.97. The van der Waals surface area contributed by atoms with Crippen molar-refractivity contribution in [2.45, 2.75) is 34.6 Å². The molecule has 0 atom stereocenters. The lowest BCUT2D eigenvalue weighted by molar-refractivity contribution is -0.117. The molecular formula is C16H28Cl2N2O. The molecule has 0 radical (unpaired) electrons. The molecule has 0 spiro atoms. The van der Waals surface area contributed by atoms with Crippen LogP contribution < -0.4 is 5.32 Å². The number of para-hydroxylation sites is 1. The molecule has 0 saturated heterocycles. The molecule has 0 unspecified atom stereocenters. The van der Waals surface area contributed by atoms with Gasteiger partial charge in [-0.15, -0.1) is 24.0 Å². The molecule has 0 aromatic heterocycles. The fraction of sp³-hybridized carbons (Fsp3) is 0.562. The maximum atomic E-state index is 11.9. The molecule has 0 aliphatic heterocycles. The first-order valence-electron chi connectivity index (χ1n) is 7.14. The quantitative estimate of drug-likeness (QED) is 0.816. The highest BCUT2D eigenvalue weighted by atomic mass is 35.5. The zero-order valence-electron chi connectivity index (χ0n) is 13.7. The van der Waals surface area contributed by atoms with E-state index in [0.717, 1.165) is 35.8 Å². The Morgan fingerprint density at radius 3 is 1.95 bits per heavy atom. The van der Waals surface area contributed by atoms with Gasteiger partial charge in [0.2, 0.25) is 5.91 Å². The fourth-order valence-corrected chi connectivity index (χ4v) is 1.84. The van der Waals surface area contributed by atoms with Gasteiger partial charge in [-0.05, 0) is 38.1 Å². The zero-order chi connectivity index (χ0) is 15.5. The number of hydrogen-bond acceptors (Lipinski definition) is 2. The summed E-state index contributed by atoms with van der Waals surface area (Å²) in [4.78, 5) is 14.0. The smallest absolute Gasteiger partial charge is 0.238 e. The van der Waals surface area contributed by atoms with Gasteiger partial charge in [0.15, 0.2) is 0 Å². The van der Waals surface area contributed by atoms with Gasteiger partial charge < -0.3 is 5.32 Å². The minimum absolute atomic E-state index is 0. The van der Waals surface area contributed by atoms with Crippen LogP contribution >= 0.6 is 24.0 Å². The maximum absolute atomic E-state index is 11.9. The summed E-state index contributed by atoms with van der Waals surface area (Å²) in [6, 6.07) is 6.03. The first-order valence-corrected chi connectivity index (χ1v) is 7.67. The molecule has 0 aliphatic rings. The predicted octanol–water partition coefficient (Wildman–Crippen LogP) is 4.25. The molecule has 0 saturated carbocycles. The zero-order valence-corrected chi connectivity index (χ0v) is 15.3. The summed E-state index contributed by atoms with van der Waals surface area (Å²) in [5, 5.41) is 3.00. The SMILES string of the molecule is CCCl.CCN(CC)CC(=O)Nc1c(C)cccc1C.Cl.